The van der Waals surface area contributed by atoms with Crippen LogP contribution in [0.5, 0.6) is 0 Å². The zero-order valence-corrected chi connectivity index (χ0v) is 14.6. The molecule has 4 nitrogen and oxygen atoms in total. The third kappa shape index (κ3) is 5.27. The summed E-state index contributed by atoms with van der Waals surface area (Å²) in [6.07, 6.45) is 2.04. The maximum Gasteiger partial charge on any atom is 0.237 e. The SMILES string of the molecule is CC(C)N(C)Cc1ccccc1CNC(=O)C1CCCN1.Cl. The van der Waals surface area contributed by atoms with Crippen molar-refractivity contribution in [2.45, 2.75) is 51.9 Å². The number of halogens is 1. The smallest absolute Gasteiger partial charge is 0.237 e. The number of nitrogens with one attached hydrogen (secondary N) is 2. The molecule has 1 amide bonds. The highest BCUT2D eigenvalue weighted by Gasteiger charge is 2.21. The molecular weight excluding hydrogens is 298 g/mol. The molecule has 0 spiro atoms. The van der Waals surface area contributed by atoms with E-state index in [4.69, 9.17) is 0 Å². The van der Waals surface area contributed by atoms with Crippen molar-refractivity contribution in [2.24, 2.45) is 0 Å². The second-order valence-corrected chi connectivity index (χ2v) is 6.14. The molecular formula is C17H28ClN3O. The summed E-state index contributed by atoms with van der Waals surface area (Å²) in [6.45, 7) is 6.85. The van der Waals surface area contributed by atoms with Crippen LogP contribution in [0.2, 0.25) is 0 Å². The number of rotatable bonds is 6. The number of nitrogens with zero attached hydrogens (tertiary/aromatic N) is 1. The van der Waals surface area contributed by atoms with Crippen molar-refractivity contribution in [1.29, 1.82) is 0 Å². The fourth-order valence-corrected chi connectivity index (χ4v) is 2.55. The van der Waals surface area contributed by atoms with Crippen LogP contribution in [0.15, 0.2) is 24.3 Å². The topological polar surface area (TPSA) is 44.4 Å². The summed E-state index contributed by atoms with van der Waals surface area (Å²) in [6, 6.07) is 8.85. The van der Waals surface area contributed by atoms with Crippen molar-refractivity contribution in [3.05, 3.63) is 35.4 Å². The Kier molecular flexibility index (Phi) is 7.87. The fraction of sp³-hybridized carbons (Fsp3) is 0.588. The summed E-state index contributed by atoms with van der Waals surface area (Å²) in [7, 11) is 2.13. The van der Waals surface area contributed by atoms with Crippen LogP contribution in [-0.4, -0.2) is 36.5 Å². The van der Waals surface area contributed by atoms with Gasteiger partial charge < -0.3 is 10.6 Å². The Labute approximate surface area is 140 Å². The van der Waals surface area contributed by atoms with Crippen LogP contribution in [0.1, 0.15) is 37.8 Å². The second-order valence-electron chi connectivity index (χ2n) is 6.14. The van der Waals surface area contributed by atoms with Crippen LogP contribution >= 0.6 is 12.4 Å². The number of benzene rings is 1. The highest BCUT2D eigenvalue weighted by atomic mass is 35.5. The standard InChI is InChI=1S/C17H27N3O.ClH/c1-13(2)20(3)12-15-8-5-4-7-14(15)11-19-17(21)16-9-6-10-18-16;/h4-5,7-8,13,16,18H,6,9-12H2,1-3H3,(H,19,21);1H. The first-order valence-corrected chi connectivity index (χ1v) is 7.86. The van der Waals surface area contributed by atoms with Gasteiger partial charge in [-0.2, -0.15) is 0 Å². The van der Waals surface area contributed by atoms with E-state index in [2.05, 4.69) is 54.6 Å². The highest BCUT2D eigenvalue weighted by Crippen LogP contribution is 2.13. The molecule has 0 radical (unpaired) electrons. The first kappa shape index (κ1) is 18.9. The molecule has 1 saturated heterocycles. The number of amides is 1. The Balaban J connectivity index is 0.00000242. The lowest BCUT2D eigenvalue weighted by Gasteiger charge is -2.22. The predicted molar refractivity (Wildman–Crippen MR) is 93.2 cm³/mol. The minimum atomic E-state index is -0.00417. The molecule has 1 aliphatic heterocycles. The van der Waals surface area contributed by atoms with E-state index in [0.29, 0.717) is 12.6 Å². The Morgan fingerprint density at radius 2 is 2.05 bits per heavy atom. The predicted octanol–water partition coefficient (Wildman–Crippen LogP) is 2.32. The molecule has 0 bridgehead atoms. The van der Waals surface area contributed by atoms with Crippen molar-refractivity contribution >= 4 is 18.3 Å². The molecule has 1 heterocycles. The molecule has 0 saturated carbocycles. The molecule has 1 unspecified atom stereocenters. The lowest BCUT2D eigenvalue weighted by molar-refractivity contribution is -0.122. The molecule has 1 aromatic rings. The average molecular weight is 326 g/mol. The van der Waals surface area contributed by atoms with Gasteiger partial charge in [0.15, 0.2) is 0 Å². The van der Waals surface area contributed by atoms with E-state index in [1.165, 1.54) is 11.1 Å². The lowest BCUT2D eigenvalue weighted by Crippen LogP contribution is -2.40. The van der Waals surface area contributed by atoms with Gasteiger partial charge in [-0.25, -0.2) is 0 Å². The van der Waals surface area contributed by atoms with Crippen molar-refractivity contribution in [3.63, 3.8) is 0 Å². The minimum Gasteiger partial charge on any atom is -0.351 e. The summed E-state index contributed by atoms with van der Waals surface area (Å²) in [5.41, 5.74) is 2.49. The number of hydrogen-bond donors (Lipinski definition) is 2. The van der Waals surface area contributed by atoms with Gasteiger partial charge in [-0.05, 0) is 51.4 Å². The van der Waals surface area contributed by atoms with Gasteiger partial charge in [0.2, 0.25) is 5.91 Å². The third-order valence-corrected chi connectivity index (χ3v) is 4.25. The maximum atomic E-state index is 12.1. The second kappa shape index (κ2) is 9.13. The van der Waals surface area contributed by atoms with Gasteiger partial charge in [-0.3, -0.25) is 9.69 Å². The molecule has 1 aromatic carbocycles. The molecule has 0 aliphatic carbocycles. The highest BCUT2D eigenvalue weighted by molar-refractivity contribution is 5.85. The van der Waals surface area contributed by atoms with E-state index in [9.17, 15) is 4.79 Å². The van der Waals surface area contributed by atoms with E-state index >= 15 is 0 Å². The van der Waals surface area contributed by atoms with Crippen LogP contribution in [0.4, 0.5) is 0 Å². The largest absolute Gasteiger partial charge is 0.351 e. The Hall–Kier alpha value is -1.10. The molecule has 2 rings (SSSR count). The van der Waals surface area contributed by atoms with Crippen LogP contribution in [-0.2, 0) is 17.9 Å². The average Bonchev–Trinajstić information content (AvgIpc) is 3.00. The fourth-order valence-electron chi connectivity index (χ4n) is 2.55. The minimum absolute atomic E-state index is 0. The summed E-state index contributed by atoms with van der Waals surface area (Å²) in [4.78, 5) is 14.4. The lowest BCUT2D eigenvalue weighted by atomic mass is 10.1. The van der Waals surface area contributed by atoms with E-state index in [-0.39, 0.29) is 24.4 Å². The van der Waals surface area contributed by atoms with Crippen molar-refractivity contribution in [2.75, 3.05) is 13.6 Å². The molecule has 0 aromatic heterocycles. The summed E-state index contributed by atoms with van der Waals surface area (Å²) < 4.78 is 0. The first-order valence-electron chi connectivity index (χ1n) is 7.86. The van der Waals surface area contributed by atoms with Crippen molar-refractivity contribution in [3.8, 4) is 0 Å². The van der Waals surface area contributed by atoms with Crippen LogP contribution in [0.3, 0.4) is 0 Å². The number of carbonyl (C=O) groups excluding carboxylic acids is 1. The monoisotopic (exact) mass is 325 g/mol. The summed E-state index contributed by atoms with van der Waals surface area (Å²) >= 11 is 0. The molecule has 22 heavy (non-hydrogen) atoms. The maximum absolute atomic E-state index is 12.1. The molecule has 124 valence electrons. The third-order valence-electron chi connectivity index (χ3n) is 4.25. The van der Waals surface area contributed by atoms with Gasteiger partial charge in [-0.15, -0.1) is 12.4 Å². The molecule has 1 aliphatic rings. The Morgan fingerprint density at radius 1 is 1.36 bits per heavy atom. The Morgan fingerprint density at radius 3 is 2.64 bits per heavy atom. The van der Waals surface area contributed by atoms with E-state index in [1.54, 1.807) is 0 Å². The molecule has 2 N–H and O–H groups in total. The number of hydrogen-bond acceptors (Lipinski definition) is 3. The van der Waals surface area contributed by atoms with Crippen molar-refractivity contribution in [1.82, 2.24) is 15.5 Å². The molecule has 1 fully saturated rings. The van der Waals surface area contributed by atoms with Gasteiger partial charge in [0.25, 0.3) is 0 Å². The first-order chi connectivity index (χ1) is 10.1. The van der Waals surface area contributed by atoms with Crippen LogP contribution in [0, 0.1) is 0 Å². The van der Waals surface area contributed by atoms with E-state index in [0.717, 1.165) is 25.9 Å². The summed E-state index contributed by atoms with van der Waals surface area (Å²) in [5, 5.41) is 6.30. The van der Waals surface area contributed by atoms with Crippen LogP contribution in [0.25, 0.3) is 0 Å². The molecule has 1 atom stereocenters. The van der Waals surface area contributed by atoms with Gasteiger partial charge in [0, 0.05) is 19.1 Å². The Bertz CT molecular complexity index is 473. The van der Waals surface area contributed by atoms with Crippen LogP contribution < -0.4 is 10.6 Å². The quantitative estimate of drug-likeness (QED) is 0.843. The van der Waals surface area contributed by atoms with Crippen molar-refractivity contribution < 1.29 is 4.79 Å². The van der Waals surface area contributed by atoms with Gasteiger partial charge in [0.05, 0.1) is 6.04 Å². The number of carbonyl (C=O) groups is 1. The van der Waals surface area contributed by atoms with E-state index in [1.807, 2.05) is 6.07 Å². The summed E-state index contributed by atoms with van der Waals surface area (Å²) in [5.74, 6) is 0.125. The zero-order valence-electron chi connectivity index (χ0n) is 13.8. The normalized spacial score (nSPS) is 17.6. The zero-order chi connectivity index (χ0) is 15.2. The molecule has 5 heteroatoms. The van der Waals surface area contributed by atoms with Gasteiger partial charge >= 0.3 is 0 Å². The van der Waals surface area contributed by atoms with E-state index < -0.39 is 0 Å². The van der Waals surface area contributed by atoms with Gasteiger partial charge in [0.1, 0.15) is 0 Å². The van der Waals surface area contributed by atoms with Gasteiger partial charge in [-0.1, -0.05) is 24.3 Å².